The van der Waals surface area contributed by atoms with Gasteiger partial charge in [-0.2, -0.15) is 0 Å². The average Bonchev–Trinajstić information content (AvgIpc) is 3.06. The van der Waals surface area contributed by atoms with Crippen molar-refractivity contribution in [1.29, 1.82) is 0 Å². The number of ether oxygens (including phenoxy) is 2. The molecular weight excluding hydrogens is 572 g/mol. The van der Waals surface area contributed by atoms with E-state index in [0.29, 0.717) is 12.8 Å². The van der Waals surface area contributed by atoms with Gasteiger partial charge in [-0.05, 0) is 12.8 Å². The molecule has 5 nitrogen and oxygen atoms in total. The monoisotopic (exact) mass is 653 g/mol. The van der Waals surface area contributed by atoms with Gasteiger partial charge in [0.15, 0.2) is 6.10 Å². The van der Waals surface area contributed by atoms with Gasteiger partial charge in [-0.25, -0.2) is 0 Å². The van der Waals surface area contributed by atoms with E-state index in [-0.39, 0.29) is 25.2 Å². The SMILES string of the molecule is CCCCCCCCCCCCCCCCCCCCCCCCC(=O)OC(CO)COC(=O)CCCCCCCCCCCC. The third kappa shape index (κ3) is 35.7. The van der Waals surface area contributed by atoms with Gasteiger partial charge in [-0.3, -0.25) is 9.59 Å². The largest absolute Gasteiger partial charge is 0.462 e. The Morgan fingerprint density at radius 3 is 0.957 bits per heavy atom. The van der Waals surface area contributed by atoms with E-state index in [1.807, 2.05) is 0 Å². The third-order valence-electron chi connectivity index (χ3n) is 9.40. The maximum atomic E-state index is 12.2. The average molecular weight is 653 g/mol. The maximum Gasteiger partial charge on any atom is 0.306 e. The molecular formula is C41H80O5. The lowest BCUT2D eigenvalue weighted by Gasteiger charge is -2.15. The summed E-state index contributed by atoms with van der Waals surface area (Å²) in [5, 5.41) is 9.54. The Kier molecular flexibility index (Phi) is 37.4. The molecule has 0 radical (unpaired) electrons. The van der Waals surface area contributed by atoms with Gasteiger partial charge in [0.1, 0.15) is 6.61 Å². The number of unbranched alkanes of at least 4 members (excludes halogenated alkanes) is 30. The van der Waals surface area contributed by atoms with E-state index in [2.05, 4.69) is 13.8 Å². The van der Waals surface area contributed by atoms with Crippen LogP contribution >= 0.6 is 0 Å². The van der Waals surface area contributed by atoms with Crippen LogP contribution in [0.25, 0.3) is 0 Å². The molecule has 0 saturated heterocycles. The van der Waals surface area contributed by atoms with Crippen molar-refractivity contribution in [2.24, 2.45) is 0 Å². The molecule has 0 saturated carbocycles. The molecule has 0 amide bonds. The van der Waals surface area contributed by atoms with E-state index in [9.17, 15) is 14.7 Å². The number of esters is 2. The number of aliphatic hydroxyl groups is 1. The van der Waals surface area contributed by atoms with Gasteiger partial charge < -0.3 is 14.6 Å². The third-order valence-corrected chi connectivity index (χ3v) is 9.40. The van der Waals surface area contributed by atoms with Gasteiger partial charge in [-0.15, -0.1) is 0 Å². The lowest BCUT2D eigenvalue weighted by Crippen LogP contribution is -2.28. The summed E-state index contributed by atoms with van der Waals surface area (Å²) in [4.78, 5) is 24.2. The number of hydrogen-bond donors (Lipinski definition) is 1. The van der Waals surface area contributed by atoms with Crippen LogP contribution in [0, 0.1) is 0 Å². The highest BCUT2D eigenvalue weighted by molar-refractivity contribution is 5.70. The lowest BCUT2D eigenvalue weighted by atomic mass is 10.0. The Hall–Kier alpha value is -1.10. The molecule has 5 heteroatoms. The maximum absolute atomic E-state index is 12.2. The molecule has 0 spiro atoms. The molecule has 1 atom stereocenters. The number of aliphatic hydroxyl groups excluding tert-OH is 1. The summed E-state index contributed by atoms with van der Waals surface area (Å²) in [6.45, 7) is 4.15. The van der Waals surface area contributed by atoms with Gasteiger partial charge in [0.2, 0.25) is 0 Å². The Morgan fingerprint density at radius 2 is 0.674 bits per heavy atom. The summed E-state index contributed by atoms with van der Waals surface area (Å²) in [6.07, 6.45) is 41.8. The highest BCUT2D eigenvalue weighted by Gasteiger charge is 2.16. The van der Waals surface area contributed by atoms with Gasteiger partial charge in [0.25, 0.3) is 0 Å². The first-order chi connectivity index (χ1) is 22.6. The van der Waals surface area contributed by atoms with Crippen molar-refractivity contribution in [2.75, 3.05) is 13.2 Å². The van der Waals surface area contributed by atoms with Gasteiger partial charge in [0.05, 0.1) is 6.61 Å². The first-order valence-corrected chi connectivity index (χ1v) is 20.6. The Balaban J connectivity index is 3.43. The molecule has 46 heavy (non-hydrogen) atoms. The van der Waals surface area contributed by atoms with E-state index >= 15 is 0 Å². The fourth-order valence-corrected chi connectivity index (χ4v) is 6.26. The zero-order valence-electron chi connectivity index (χ0n) is 31.1. The molecule has 0 heterocycles. The van der Waals surface area contributed by atoms with E-state index in [4.69, 9.17) is 9.47 Å². The molecule has 0 aliphatic heterocycles. The highest BCUT2D eigenvalue weighted by Crippen LogP contribution is 2.16. The fourth-order valence-electron chi connectivity index (χ4n) is 6.26. The van der Waals surface area contributed by atoms with Crippen LogP contribution in [0.15, 0.2) is 0 Å². The second-order valence-electron chi connectivity index (χ2n) is 14.1. The van der Waals surface area contributed by atoms with Gasteiger partial charge in [-0.1, -0.05) is 206 Å². The minimum Gasteiger partial charge on any atom is -0.462 e. The molecule has 0 fully saturated rings. The highest BCUT2D eigenvalue weighted by atomic mass is 16.6. The van der Waals surface area contributed by atoms with Crippen molar-refractivity contribution in [1.82, 2.24) is 0 Å². The molecule has 0 bridgehead atoms. The minimum absolute atomic E-state index is 0.0574. The Labute approximate surface area is 287 Å². The quantitative estimate of drug-likeness (QED) is 0.0531. The summed E-state index contributed by atoms with van der Waals surface area (Å²) >= 11 is 0. The Morgan fingerprint density at radius 1 is 0.413 bits per heavy atom. The lowest BCUT2D eigenvalue weighted by molar-refractivity contribution is -0.161. The molecule has 0 aliphatic rings. The van der Waals surface area contributed by atoms with Crippen molar-refractivity contribution in [3.8, 4) is 0 Å². The number of carbonyl (C=O) groups excluding carboxylic acids is 2. The second kappa shape index (κ2) is 38.3. The molecule has 0 aliphatic carbocycles. The molecule has 0 aromatic heterocycles. The van der Waals surface area contributed by atoms with Crippen LogP contribution in [-0.4, -0.2) is 36.4 Å². The topological polar surface area (TPSA) is 72.8 Å². The van der Waals surface area contributed by atoms with Crippen molar-refractivity contribution in [3.63, 3.8) is 0 Å². The fraction of sp³-hybridized carbons (Fsp3) is 0.951. The zero-order valence-corrected chi connectivity index (χ0v) is 31.1. The molecule has 0 rings (SSSR count). The van der Waals surface area contributed by atoms with E-state index in [1.54, 1.807) is 0 Å². The molecule has 274 valence electrons. The van der Waals surface area contributed by atoms with Crippen LogP contribution < -0.4 is 0 Å². The number of rotatable bonds is 38. The van der Waals surface area contributed by atoms with Crippen LogP contribution in [0.5, 0.6) is 0 Å². The minimum atomic E-state index is -0.760. The Bertz CT molecular complexity index is 622. The van der Waals surface area contributed by atoms with E-state index in [0.717, 1.165) is 38.5 Å². The predicted molar refractivity (Wildman–Crippen MR) is 196 cm³/mol. The first kappa shape index (κ1) is 44.9. The summed E-state index contributed by atoms with van der Waals surface area (Å²) in [5.41, 5.74) is 0. The molecule has 0 aromatic rings. The summed E-state index contributed by atoms with van der Waals surface area (Å²) in [6, 6.07) is 0. The smallest absolute Gasteiger partial charge is 0.306 e. The van der Waals surface area contributed by atoms with E-state index in [1.165, 1.54) is 167 Å². The summed E-state index contributed by atoms with van der Waals surface area (Å²) < 4.78 is 10.6. The molecule has 1 unspecified atom stereocenters. The predicted octanol–water partition coefficient (Wildman–Crippen LogP) is 12.7. The summed E-state index contributed by atoms with van der Waals surface area (Å²) in [7, 11) is 0. The zero-order chi connectivity index (χ0) is 33.6. The molecule has 1 N–H and O–H groups in total. The van der Waals surface area contributed by atoms with Crippen LogP contribution in [0.4, 0.5) is 0 Å². The summed E-state index contributed by atoms with van der Waals surface area (Å²) in [5.74, 6) is -0.577. The van der Waals surface area contributed by atoms with Crippen LogP contribution in [0.2, 0.25) is 0 Å². The normalized spacial score (nSPS) is 12.0. The first-order valence-electron chi connectivity index (χ1n) is 20.6. The number of hydrogen-bond acceptors (Lipinski definition) is 5. The van der Waals surface area contributed by atoms with Crippen molar-refractivity contribution in [3.05, 3.63) is 0 Å². The van der Waals surface area contributed by atoms with Crippen molar-refractivity contribution >= 4 is 11.9 Å². The molecule has 0 aromatic carbocycles. The van der Waals surface area contributed by atoms with Crippen molar-refractivity contribution in [2.45, 2.75) is 238 Å². The van der Waals surface area contributed by atoms with Gasteiger partial charge in [0, 0.05) is 12.8 Å². The van der Waals surface area contributed by atoms with E-state index < -0.39 is 6.10 Å². The van der Waals surface area contributed by atoms with Crippen LogP contribution in [-0.2, 0) is 19.1 Å². The van der Waals surface area contributed by atoms with Crippen LogP contribution in [0.1, 0.15) is 232 Å². The standard InChI is InChI=1S/C41H80O5/c1-3-5-7-9-11-13-15-16-17-18-19-20-21-22-23-24-25-26-28-30-32-34-36-41(44)46-39(37-42)38-45-40(43)35-33-31-29-27-14-12-10-8-6-4-2/h39,42H,3-38H2,1-2H3. The van der Waals surface area contributed by atoms with Crippen LogP contribution in [0.3, 0.4) is 0 Å². The van der Waals surface area contributed by atoms with Crippen molar-refractivity contribution < 1.29 is 24.2 Å². The number of carbonyl (C=O) groups is 2. The second-order valence-corrected chi connectivity index (χ2v) is 14.1. The van der Waals surface area contributed by atoms with Gasteiger partial charge >= 0.3 is 11.9 Å².